The molecule has 6 heteroatoms. The first kappa shape index (κ1) is 13.5. The minimum Gasteiger partial charge on any atom is -0.478 e. The summed E-state index contributed by atoms with van der Waals surface area (Å²) in [4.78, 5) is 24.8. The molecule has 0 unspecified atom stereocenters. The van der Waals surface area contributed by atoms with E-state index in [2.05, 4.69) is 31.9 Å². The van der Waals surface area contributed by atoms with Crippen LogP contribution in [0.25, 0.3) is 0 Å². The van der Waals surface area contributed by atoms with E-state index < -0.39 is 5.97 Å². The van der Waals surface area contributed by atoms with Crippen molar-refractivity contribution in [1.29, 1.82) is 0 Å². The van der Waals surface area contributed by atoms with Gasteiger partial charge in [-0.2, -0.15) is 0 Å². The molecular formula is C12H11Br2NO3. The molecule has 96 valence electrons. The standard InChI is InChI=1S/C12H11Br2NO3/c13-7-5-8(12(17)18)11(9(14)6-7)15-4-2-1-3-10(15)16/h5-6H,1-4H2,(H,17,18). The Morgan fingerprint density at radius 2 is 2.00 bits per heavy atom. The number of benzene rings is 1. The van der Waals surface area contributed by atoms with Crippen molar-refractivity contribution in [1.82, 2.24) is 0 Å². The highest BCUT2D eigenvalue weighted by Crippen LogP contribution is 2.35. The zero-order valence-electron chi connectivity index (χ0n) is 9.45. The Morgan fingerprint density at radius 3 is 2.61 bits per heavy atom. The molecule has 0 aliphatic carbocycles. The minimum absolute atomic E-state index is 0.0215. The predicted molar refractivity (Wildman–Crippen MR) is 75.0 cm³/mol. The van der Waals surface area contributed by atoms with Gasteiger partial charge in [0.1, 0.15) is 0 Å². The van der Waals surface area contributed by atoms with Crippen LogP contribution in [0.4, 0.5) is 5.69 Å². The van der Waals surface area contributed by atoms with Gasteiger partial charge >= 0.3 is 5.97 Å². The molecule has 1 aliphatic heterocycles. The lowest BCUT2D eigenvalue weighted by atomic mass is 10.1. The van der Waals surface area contributed by atoms with Crippen LogP contribution in [-0.4, -0.2) is 23.5 Å². The van der Waals surface area contributed by atoms with Gasteiger partial charge < -0.3 is 10.0 Å². The Kier molecular flexibility index (Phi) is 4.07. The van der Waals surface area contributed by atoms with Gasteiger partial charge in [0.05, 0.1) is 11.3 Å². The van der Waals surface area contributed by atoms with Gasteiger partial charge in [0, 0.05) is 21.9 Å². The van der Waals surface area contributed by atoms with Crippen LogP contribution in [0.15, 0.2) is 21.1 Å². The maximum atomic E-state index is 11.9. The molecule has 0 atom stereocenters. The summed E-state index contributed by atoms with van der Waals surface area (Å²) in [5.74, 6) is -1.06. The summed E-state index contributed by atoms with van der Waals surface area (Å²) >= 11 is 6.60. The largest absolute Gasteiger partial charge is 0.478 e. The second-order valence-electron chi connectivity index (χ2n) is 4.09. The number of halogens is 2. The number of hydrogen-bond acceptors (Lipinski definition) is 2. The van der Waals surface area contributed by atoms with Gasteiger partial charge in [-0.05, 0) is 40.9 Å². The van der Waals surface area contributed by atoms with E-state index >= 15 is 0 Å². The Morgan fingerprint density at radius 1 is 1.28 bits per heavy atom. The Balaban J connectivity index is 2.54. The number of amides is 1. The van der Waals surface area contributed by atoms with Gasteiger partial charge in [0.15, 0.2) is 0 Å². The van der Waals surface area contributed by atoms with Crippen molar-refractivity contribution >= 4 is 49.4 Å². The lowest BCUT2D eigenvalue weighted by molar-refractivity contribution is -0.119. The fourth-order valence-electron chi connectivity index (χ4n) is 2.05. The first-order valence-electron chi connectivity index (χ1n) is 5.53. The highest BCUT2D eigenvalue weighted by molar-refractivity contribution is 9.11. The fraction of sp³-hybridized carbons (Fsp3) is 0.333. The van der Waals surface area contributed by atoms with Crippen molar-refractivity contribution < 1.29 is 14.7 Å². The van der Waals surface area contributed by atoms with Crippen LogP contribution in [0.5, 0.6) is 0 Å². The van der Waals surface area contributed by atoms with Gasteiger partial charge in [0.2, 0.25) is 5.91 Å². The molecular weight excluding hydrogens is 366 g/mol. The second kappa shape index (κ2) is 5.40. The smallest absolute Gasteiger partial charge is 0.337 e. The average molecular weight is 377 g/mol. The van der Waals surface area contributed by atoms with Crippen LogP contribution < -0.4 is 4.90 Å². The van der Waals surface area contributed by atoms with Crippen LogP contribution in [-0.2, 0) is 4.79 Å². The summed E-state index contributed by atoms with van der Waals surface area (Å²) in [6, 6.07) is 3.27. The quantitative estimate of drug-likeness (QED) is 0.860. The van der Waals surface area contributed by atoms with Crippen molar-refractivity contribution in [2.45, 2.75) is 19.3 Å². The van der Waals surface area contributed by atoms with E-state index in [1.54, 1.807) is 11.0 Å². The molecule has 0 saturated carbocycles. The number of nitrogens with zero attached hydrogens (tertiary/aromatic N) is 1. The van der Waals surface area contributed by atoms with Crippen LogP contribution in [0.2, 0.25) is 0 Å². The number of carboxylic acid groups (broad SMARTS) is 1. The van der Waals surface area contributed by atoms with E-state index in [0.29, 0.717) is 27.6 Å². The molecule has 1 amide bonds. The molecule has 1 aromatic carbocycles. The topological polar surface area (TPSA) is 57.6 Å². The third kappa shape index (κ3) is 2.59. The van der Waals surface area contributed by atoms with Gasteiger partial charge in [-0.15, -0.1) is 0 Å². The summed E-state index contributed by atoms with van der Waals surface area (Å²) < 4.78 is 1.28. The number of carbonyl (C=O) groups excluding carboxylic acids is 1. The van der Waals surface area contributed by atoms with E-state index in [4.69, 9.17) is 0 Å². The van der Waals surface area contributed by atoms with E-state index in [1.165, 1.54) is 6.07 Å². The third-order valence-electron chi connectivity index (χ3n) is 2.85. The number of hydrogen-bond donors (Lipinski definition) is 1. The maximum absolute atomic E-state index is 11.9. The van der Waals surface area contributed by atoms with Crippen LogP contribution in [0.3, 0.4) is 0 Å². The highest BCUT2D eigenvalue weighted by Gasteiger charge is 2.26. The SMILES string of the molecule is O=C(O)c1cc(Br)cc(Br)c1N1CCCCC1=O. The van der Waals surface area contributed by atoms with E-state index in [9.17, 15) is 14.7 Å². The molecule has 1 aliphatic rings. The van der Waals surface area contributed by atoms with Gasteiger partial charge in [0.25, 0.3) is 0 Å². The zero-order chi connectivity index (χ0) is 13.3. The number of anilines is 1. The van der Waals surface area contributed by atoms with Gasteiger partial charge in [-0.3, -0.25) is 4.79 Å². The molecule has 18 heavy (non-hydrogen) atoms. The van der Waals surface area contributed by atoms with Gasteiger partial charge in [-0.25, -0.2) is 4.79 Å². The first-order chi connectivity index (χ1) is 8.50. The molecule has 1 N–H and O–H groups in total. The Labute approximate surface area is 121 Å². The van der Waals surface area contributed by atoms with Gasteiger partial charge in [-0.1, -0.05) is 15.9 Å². The normalized spacial score (nSPS) is 15.9. The van der Waals surface area contributed by atoms with E-state index in [0.717, 1.165) is 12.8 Å². The molecule has 1 aromatic rings. The van der Waals surface area contributed by atoms with E-state index in [-0.39, 0.29) is 11.5 Å². The van der Waals surface area contributed by atoms with Crippen molar-refractivity contribution in [2.24, 2.45) is 0 Å². The fourth-order valence-corrected chi connectivity index (χ4v) is 3.48. The molecule has 0 spiro atoms. The maximum Gasteiger partial charge on any atom is 0.337 e. The van der Waals surface area contributed by atoms with Crippen LogP contribution in [0, 0.1) is 0 Å². The summed E-state index contributed by atoms with van der Waals surface area (Å²) in [7, 11) is 0. The number of carboxylic acids is 1. The number of carbonyl (C=O) groups is 2. The predicted octanol–water partition coefficient (Wildman–Crippen LogP) is 3.43. The molecule has 2 rings (SSSR count). The Bertz CT molecular complexity index is 516. The third-order valence-corrected chi connectivity index (χ3v) is 3.91. The Hall–Kier alpha value is -0.880. The van der Waals surface area contributed by atoms with Crippen LogP contribution >= 0.6 is 31.9 Å². The van der Waals surface area contributed by atoms with Crippen molar-refractivity contribution in [3.05, 3.63) is 26.6 Å². The molecule has 1 saturated heterocycles. The molecule has 1 fully saturated rings. The summed E-state index contributed by atoms with van der Waals surface area (Å²) in [5.41, 5.74) is 0.585. The summed E-state index contributed by atoms with van der Waals surface area (Å²) in [6.45, 7) is 0.569. The summed E-state index contributed by atoms with van der Waals surface area (Å²) in [5, 5.41) is 9.25. The van der Waals surface area contributed by atoms with E-state index in [1.807, 2.05) is 0 Å². The monoisotopic (exact) mass is 375 g/mol. The minimum atomic E-state index is -1.04. The molecule has 0 bridgehead atoms. The molecule has 1 heterocycles. The van der Waals surface area contributed by atoms with Crippen LogP contribution in [0.1, 0.15) is 29.6 Å². The second-order valence-corrected chi connectivity index (χ2v) is 5.86. The zero-order valence-corrected chi connectivity index (χ0v) is 12.6. The average Bonchev–Trinajstić information content (AvgIpc) is 2.29. The molecule has 0 radical (unpaired) electrons. The number of piperidine rings is 1. The molecule has 0 aromatic heterocycles. The lowest BCUT2D eigenvalue weighted by Gasteiger charge is -2.29. The summed E-state index contributed by atoms with van der Waals surface area (Å²) in [6.07, 6.45) is 2.24. The lowest BCUT2D eigenvalue weighted by Crippen LogP contribution is -2.36. The van der Waals surface area contributed by atoms with Crippen molar-refractivity contribution in [3.63, 3.8) is 0 Å². The van der Waals surface area contributed by atoms with Crippen molar-refractivity contribution in [2.75, 3.05) is 11.4 Å². The molecule has 4 nitrogen and oxygen atoms in total. The highest BCUT2D eigenvalue weighted by atomic mass is 79.9. The number of rotatable bonds is 2. The van der Waals surface area contributed by atoms with Crippen molar-refractivity contribution in [3.8, 4) is 0 Å². The number of aromatic carboxylic acids is 1. The first-order valence-corrected chi connectivity index (χ1v) is 7.12.